The molecule has 1 aromatic heterocycles. The number of aromatic nitrogens is 1. The van der Waals surface area contributed by atoms with Gasteiger partial charge in [-0.25, -0.2) is 0 Å². The first-order valence-corrected chi connectivity index (χ1v) is 6.41. The fourth-order valence-corrected chi connectivity index (χ4v) is 2.74. The van der Waals surface area contributed by atoms with Crippen LogP contribution in [0.15, 0.2) is 18.2 Å². The van der Waals surface area contributed by atoms with Gasteiger partial charge in [0.25, 0.3) is 0 Å². The molecule has 3 nitrogen and oxygen atoms in total. The molecule has 0 atom stereocenters. The van der Waals surface area contributed by atoms with Crippen molar-refractivity contribution in [2.24, 2.45) is 0 Å². The van der Waals surface area contributed by atoms with Crippen LogP contribution in [0, 0.1) is 0 Å². The molecular weight excluding hydrogens is 248 g/mol. The Morgan fingerprint density at radius 2 is 2.17 bits per heavy atom. The van der Waals surface area contributed by atoms with Gasteiger partial charge in [-0.15, -0.1) is 0 Å². The molecule has 0 radical (unpaired) electrons. The Kier molecular flexibility index (Phi) is 2.71. The van der Waals surface area contributed by atoms with Crippen molar-refractivity contribution in [3.05, 3.63) is 34.5 Å². The lowest BCUT2D eigenvalue weighted by molar-refractivity contribution is 0.0972. The van der Waals surface area contributed by atoms with Crippen molar-refractivity contribution in [1.29, 1.82) is 0 Å². The highest BCUT2D eigenvalue weighted by Crippen LogP contribution is 2.34. The molecule has 0 fully saturated rings. The van der Waals surface area contributed by atoms with E-state index in [1.807, 2.05) is 25.2 Å². The van der Waals surface area contributed by atoms with Gasteiger partial charge in [-0.3, -0.25) is 9.78 Å². The Labute approximate surface area is 110 Å². The van der Waals surface area contributed by atoms with Crippen molar-refractivity contribution < 1.29 is 4.79 Å². The second-order valence-corrected chi connectivity index (χ2v) is 4.93. The smallest absolute Gasteiger partial charge is 0.166 e. The largest absolute Gasteiger partial charge is 0.387 e. The summed E-state index contributed by atoms with van der Waals surface area (Å²) in [6, 6.07) is 5.59. The Morgan fingerprint density at radius 3 is 2.94 bits per heavy atom. The monoisotopic (exact) mass is 260 g/mol. The van der Waals surface area contributed by atoms with Crippen molar-refractivity contribution in [1.82, 2.24) is 4.98 Å². The van der Waals surface area contributed by atoms with Crippen LogP contribution in [0.4, 0.5) is 5.69 Å². The molecule has 0 amide bonds. The lowest BCUT2D eigenvalue weighted by Gasteiger charge is -2.19. The average molecular weight is 261 g/mol. The number of Topliss-reactive ketones (excluding diaryl/α,β-unsaturated/α-hetero) is 1. The normalized spacial score (nSPS) is 14.7. The zero-order valence-corrected chi connectivity index (χ0v) is 10.8. The summed E-state index contributed by atoms with van der Waals surface area (Å²) in [5, 5.41) is 4.71. The number of benzene rings is 1. The molecule has 0 saturated heterocycles. The Bertz CT molecular complexity index is 652. The molecule has 0 aliphatic heterocycles. The molecule has 0 bridgehead atoms. The fourth-order valence-electron chi connectivity index (χ4n) is 2.57. The predicted octanol–water partition coefficient (Wildman–Crippen LogP) is 3.45. The minimum Gasteiger partial charge on any atom is -0.387 e. The number of halogens is 1. The lowest BCUT2D eigenvalue weighted by atomic mass is 9.91. The van der Waals surface area contributed by atoms with Gasteiger partial charge >= 0.3 is 0 Å². The Morgan fingerprint density at radius 1 is 1.33 bits per heavy atom. The van der Waals surface area contributed by atoms with Gasteiger partial charge in [-0.2, -0.15) is 0 Å². The molecule has 1 N–H and O–H groups in total. The number of carbonyl (C=O) groups is 1. The standard InChI is InChI=1S/C14H13ClN2O/c1-16-14-9-7-8(15)5-6-10(9)17-11-3-2-4-12(18)13(11)14/h5-7H,2-4H2,1H3,(H,16,17). The first-order chi connectivity index (χ1) is 8.70. The van der Waals surface area contributed by atoms with Crippen molar-refractivity contribution in [2.75, 3.05) is 12.4 Å². The zero-order valence-electron chi connectivity index (χ0n) is 10.1. The average Bonchev–Trinajstić information content (AvgIpc) is 2.37. The van der Waals surface area contributed by atoms with Crippen LogP contribution >= 0.6 is 11.6 Å². The van der Waals surface area contributed by atoms with Gasteiger partial charge in [0.15, 0.2) is 5.78 Å². The first kappa shape index (κ1) is 11.5. The molecule has 4 heteroatoms. The van der Waals surface area contributed by atoms with E-state index in [1.165, 1.54) is 0 Å². The molecule has 1 aliphatic carbocycles. The van der Waals surface area contributed by atoms with Crippen molar-refractivity contribution in [3.63, 3.8) is 0 Å². The summed E-state index contributed by atoms with van der Waals surface area (Å²) in [6.07, 6.45) is 2.37. The highest BCUT2D eigenvalue weighted by molar-refractivity contribution is 6.31. The van der Waals surface area contributed by atoms with Gasteiger partial charge in [0.1, 0.15) is 0 Å². The molecule has 1 heterocycles. The summed E-state index contributed by atoms with van der Waals surface area (Å²) in [7, 11) is 1.83. The highest BCUT2D eigenvalue weighted by Gasteiger charge is 2.23. The van der Waals surface area contributed by atoms with E-state index in [9.17, 15) is 4.79 Å². The van der Waals surface area contributed by atoms with E-state index in [2.05, 4.69) is 10.3 Å². The molecule has 0 unspecified atom stereocenters. The van der Waals surface area contributed by atoms with Gasteiger partial charge in [-0.1, -0.05) is 11.6 Å². The summed E-state index contributed by atoms with van der Waals surface area (Å²) in [4.78, 5) is 16.7. The predicted molar refractivity (Wildman–Crippen MR) is 73.6 cm³/mol. The van der Waals surface area contributed by atoms with Crippen LogP contribution in [-0.2, 0) is 6.42 Å². The van der Waals surface area contributed by atoms with Crippen molar-refractivity contribution >= 4 is 34.0 Å². The number of aryl methyl sites for hydroxylation is 1. The summed E-state index contributed by atoms with van der Waals surface area (Å²) < 4.78 is 0. The van der Waals surface area contributed by atoms with E-state index in [4.69, 9.17) is 11.6 Å². The maximum absolute atomic E-state index is 12.1. The van der Waals surface area contributed by atoms with Crippen LogP contribution in [0.5, 0.6) is 0 Å². The van der Waals surface area contributed by atoms with E-state index in [-0.39, 0.29) is 5.78 Å². The number of carbonyl (C=O) groups excluding carboxylic acids is 1. The van der Waals surface area contributed by atoms with E-state index in [1.54, 1.807) is 0 Å². The number of rotatable bonds is 1. The second-order valence-electron chi connectivity index (χ2n) is 4.50. The van der Waals surface area contributed by atoms with Crippen molar-refractivity contribution in [3.8, 4) is 0 Å². The van der Waals surface area contributed by atoms with Crippen LogP contribution in [0.2, 0.25) is 5.02 Å². The van der Waals surface area contributed by atoms with E-state index >= 15 is 0 Å². The van der Waals surface area contributed by atoms with Gasteiger partial charge in [0, 0.05) is 23.9 Å². The van der Waals surface area contributed by atoms with Gasteiger partial charge in [0.05, 0.1) is 22.5 Å². The first-order valence-electron chi connectivity index (χ1n) is 6.04. The molecule has 18 heavy (non-hydrogen) atoms. The minimum atomic E-state index is 0.176. The fraction of sp³-hybridized carbons (Fsp3) is 0.286. The molecule has 0 spiro atoms. The number of nitrogens with zero attached hydrogens (tertiary/aromatic N) is 1. The van der Waals surface area contributed by atoms with Gasteiger partial charge in [0.2, 0.25) is 0 Å². The maximum Gasteiger partial charge on any atom is 0.166 e. The minimum absolute atomic E-state index is 0.176. The van der Waals surface area contributed by atoms with Crippen LogP contribution in [0.25, 0.3) is 10.9 Å². The number of anilines is 1. The number of pyridine rings is 1. The third kappa shape index (κ3) is 1.66. The molecule has 0 saturated carbocycles. The van der Waals surface area contributed by atoms with E-state index in [0.717, 1.165) is 40.7 Å². The Hall–Kier alpha value is -1.61. The number of ketones is 1. The maximum atomic E-state index is 12.1. The van der Waals surface area contributed by atoms with E-state index < -0.39 is 0 Å². The second kappa shape index (κ2) is 4.25. The Balaban J connectivity index is 2.41. The molecule has 1 aliphatic rings. The highest BCUT2D eigenvalue weighted by atomic mass is 35.5. The van der Waals surface area contributed by atoms with Crippen LogP contribution in [0.1, 0.15) is 28.9 Å². The lowest BCUT2D eigenvalue weighted by Crippen LogP contribution is -2.15. The molecule has 2 aromatic rings. The summed E-state index contributed by atoms with van der Waals surface area (Å²) in [5.41, 5.74) is 3.41. The van der Waals surface area contributed by atoms with Crippen LogP contribution in [0.3, 0.4) is 0 Å². The third-order valence-electron chi connectivity index (χ3n) is 3.37. The number of nitrogens with one attached hydrogen (secondary N) is 1. The molecule has 92 valence electrons. The summed E-state index contributed by atoms with van der Waals surface area (Å²) >= 11 is 6.03. The van der Waals surface area contributed by atoms with Crippen LogP contribution < -0.4 is 5.32 Å². The molecule has 3 rings (SSSR count). The van der Waals surface area contributed by atoms with Gasteiger partial charge in [-0.05, 0) is 31.0 Å². The van der Waals surface area contributed by atoms with Crippen molar-refractivity contribution in [2.45, 2.75) is 19.3 Å². The molecule has 1 aromatic carbocycles. The van der Waals surface area contributed by atoms with Gasteiger partial charge < -0.3 is 5.32 Å². The number of hydrogen-bond donors (Lipinski definition) is 1. The summed E-state index contributed by atoms with van der Waals surface area (Å²) in [5.74, 6) is 0.176. The summed E-state index contributed by atoms with van der Waals surface area (Å²) in [6.45, 7) is 0. The number of fused-ring (bicyclic) bond motifs is 2. The zero-order chi connectivity index (χ0) is 12.7. The topological polar surface area (TPSA) is 42.0 Å². The molecular formula is C14H13ClN2O. The number of hydrogen-bond acceptors (Lipinski definition) is 3. The SMILES string of the molecule is CNc1c2c(nc3ccc(Cl)cc13)CCCC2=O. The quantitative estimate of drug-likeness (QED) is 0.854. The van der Waals surface area contributed by atoms with E-state index in [0.29, 0.717) is 11.4 Å². The third-order valence-corrected chi connectivity index (χ3v) is 3.60. The van der Waals surface area contributed by atoms with Crippen LogP contribution in [-0.4, -0.2) is 17.8 Å².